The molecule has 2 nitrogen and oxygen atoms in total. The van der Waals surface area contributed by atoms with Crippen LogP contribution in [0.5, 0.6) is 0 Å². The topological polar surface area (TPSA) is 20.3 Å². The van der Waals surface area contributed by atoms with Crippen LogP contribution < -0.4 is 0 Å². The molecule has 0 fully saturated rings. The molecule has 0 aliphatic rings. The van der Waals surface area contributed by atoms with E-state index >= 15 is 0 Å². The van der Waals surface area contributed by atoms with E-state index in [0.717, 1.165) is 5.56 Å². The monoisotopic (exact) mass is 319 g/mol. The highest BCUT2D eigenvalue weighted by Crippen LogP contribution is 2.29. The second kappa shape index (κ2) is 7.41. The van der Waals surface area contributed by atoms with Gasteiger partial charge in [-0.25, -0.2) is 4.39 Å². The van der Waals surface area contributed by atoms with Gasteiger partial charge in [-0.3, -0.25) is 4.79 Å². The molecule has 0 bridgehead atoms. The number of rotatable bonds is 5. The highest BCUT2D eigenvalue weighted by atomic mass is 35.5. The Balaban J connectivity index is 2.20. The summed E-state index contributed by atoms with van der Waals surface area (Å²) in [6.45, 7) is 5.26. The summed E-state index contributed by atoms with van der Waals surface area (Å²) in [7, 11) is 0. The normalized spacial score (nSPS) is 12.0. The molecular formula is C18H19ClFNO. The SMILES string of the molecule is CCN(CC)C(=O)c1ccc(C(Cl)c2cccc(F)c2)cc1. The van der Waals surface area contributed by atoms with Crippen LogP contribution in [-0.2, 0) is 0 Å². The standard InChI is InChI=1S/C18H19ClFNO/c1-3-21(4-2)18(22)14-10-8-13(9-11-14)17(19)15-6-5-7-16(20)12-15/h5-12,17H,3-4H2,1-2H3. The van der Waals surface area contributed by atoms with Gasteiger partial charge in [-0.05, 0) is 49.2 Å². The van der Waals surface area contributed by atoms with Gasteiger partial charge >= 0.3 is 0 Å². The molecule has 1 amide bonds. The van der Waals surface area contributed by atoms with Crippen molar-refractivity contribution < 1.29 is 9.18 Å². The Labute approximate surface area is 135 Å². The summed E-state index contributed by atoms with van der Waals surface area (Å²) < 4.78 is 13.3. The van der Waals surface area contributed by atoms with E-state index in [0.29, 0.717) is 24.2 Å². The molecule has 0 saturated carbocycles. The Morgan fingerprint density at radius 2 is 1.73 bits per heavy atom. The van der Waals surface area contributed by atoms with Gasteiger partial charge < -0.3 is 4.90 Å². The third-order valence-corrected chi connectivity index (χ3v) is 4.15. The average Bonchev–Trinajstić information content (AvgIpc) is 2.55. The molecule has 1 unspecified atom stereocenters. The van der Waals surface area contributed by atoms with Crippen molar-refractivity contribution in [1.82, 2.24) is 4.90 Å². The van der Waals surface area contributed by atoms with E-state index in [1.54, 1.807) is 29.2 Å². The van der Waals surface area contributed by atoms with Crippen molar-refractivity contribution in [3.8, 4) is 0 Å². The average molecular weight is 320 g/mol. The van der Waals surface area contributed by atoms with E-state index in [4.69, 9.17) is 11.6 Å². The molecule has 0 saturated heterocycles. The van der Waals surface area contributed by atoms with Gasteiger partial charge in [0.05, 0.1) is 5.38 Å². The number of benzene rings is 2. The summed E-state index contributed by atoms with van der Waals surface area (Å²) >= 11 is 6.39. The van der Waals surface area contributed by atoms with Crippen molar-refractivity contribution in [2.75, 3.05) is 13.1 Å². The summed E-state index contributed by atoms with van der Waals surface area (Å²) in [5.41, 5.74) is 2.17. The van der Waals surface area contributed by atoms with Crippen molar-refractivity contribution in [2.24, 2.45) is 0 Å². The second-order valence-electron chi connectivity index (χ2n) is 5.02. The molecule has 1 atom stereocenters. The lowest BCUT2D eigenvalue weighted by atomic mass is 10.0. The summed E-state index contributed by atoms with van der Waals surface area (Å²) in [5.74, 6) is -0.301. The molecule has 2 aromatic carbocycles. The Kier molecular flexibility index (Phi) is 5.56. The highest BCUT2D eigenvalue weighted by molar-refractivity contribution is 6.22. The number of amides is 1. The van der Waals surface area contributed by atoms with Crippen LogP contribution in [0.4, 0.5) is 4.39 Å². The zero-order valence-electron chi connectivity index (χ0n) is 12.7. The number of carbonyl (C=O) groups is 1. The van der Waals surface area contributed by atoms with Gasteiger partial charge in [-0.2, -0.15) is 0 Å². The van der Waals surface area contributed by atoms with Crippen molar-refractivity contribution in [3.63, 3.8) is 0 Å². The summed E-state index contributed by atoms with van der Waals surface area (Å²) in [6.07, 6.45) is 0. The number of carbonyl (C=O) groups excluding carboxylic acids is 1. The van der Waals surface area contributed by atoms with Gasteiger partial charge in [0.15, 0.2) is 0 Å². The Morgan fingerprint density at radius 3 is 2.27 bits per heavy atom. The molecule has 0 N–H and O–H groups in total. The van der Waals surface area contributed by atoms with E-state index in [-0.39, 0.29) is 11.7 Å². The zero-order chi connectivity index (χ0) is 16.1. The van der Waals surface area contributed by atoms with E-state index < -0.39 is 5.38 Å². The molecule has 0 aromatic heterocycles. The predicted octanol–water partition coefficient (Wildman–Crippen LogP) is 4.64. The molecule has 0 spiro atoms. The number of hydrogen-bond acceptors (Lipinski definition) is 1. The zero-order valence-corrected chi connectivity index (χ0v) is 13.5. The van der Waals surface area contributed by atoms with Gasteiger partial charge in [0.1, 0.15) is 5.82 Å². The van der Waals surface area contributed by atoms with E-state index in [1.807, 2.05) is 26.0 Å². The van der Waals surface area contributed by atoms with Gasteiger partial charge in [0.25, 0.3) is 5.91 Å². The maximum Gasteiger partial charge on any atom is 0.253 e. The summed E-state index contributed by atoms with van der Waals surface area (Å²) in [5, 5.41) is -0.437. The lowest BCUT2D eigenvalue weighted by molar-refractivity contribution is 0.0773. The van der Waals surface area contributed by atoms with Crippen molar-refractivity contribution in [1.29, 1.82) is 0 Å². The fourth-order valence-electron chi connectivity index (χ4n) is 2.34. The lowest BCUT2D eigenvalue weighted by Gasteiger charge is -2.19. The lowest BCUT2D eigenvalue weighted by Crippen LogP contribution is -2.30. The van der Waals surface area contributed by atoms with E-state index in [9.17, 15) is 9.18 Å². The largest absolute Gasteiger partial charge is 0.339 e. The first-order chi connectivity index (χ1) is 10.6. The van der Waals surface area contributed by atoms with Crippen molar-refractivity contribution in [2.45, 2.75) is 19.2 Å². The Bertz CT molecular complexity index is 638. The molecule has 22 heavy (non-hydrogen) atoms. The first-order valence-corrected chi connectivity index (χ1v) is 7.79. The first kappa shape index (κ1) is 16.5. The molecule has 2 aromatic rings. The Hall–Kier alpha value is -1.87. The minimum absolute atomic E-state index is 0.00780. The van der Waals surface area contributed by atoms with Crippen LogP contribution in [0.2, 0.25) is 0 Å². The fraction of sp³-hybridized carbons (Fsp3) is 0.278. The molecule has 0 heterocycles. The maximum atomic E-state index is 13.3. The van der Waals surface area contributed by atoms with Crippen LogP contribution >= 0.6 is 11.6 Å². The smallest absolute Gasteiger partial charge is 0.253 e. The molecule has 4 heteroatoms. The van der Waals surface area contributed by atoms with Crippen molar-refractivity contribution >= 4 is 17.5 Å². The molecule has 0 aliphatic carbocycles. The van der Waals surface area contributed by atoms with Crippen molar-refractivity contribution in [3.05, 3.63) is 71.0 Å². The van der Waals surface area contributed by atoms with Gasteiger partial charge in [0.2, 0.25) is 0 Å². The van der Waals surface area contributed by atoms with Crippen LogP contribution in [0.1, 0.15) is 40.7 Å². The maximum absolute atomic E-state index is 13.3. The van der Waals surface area contributed by atoms with Crippen LogP contribution in [0.3, 0.4) is 0 Å². The molecular weight excluding hydrogens is 301 g/mol. The van der Waals surface area contributed by atoms with Gasteiger partial charge in [0, 0.05) is 18.7 Å². The minimum Gasteiger partial charge on any atom is -0.339 e. The van der Waals surface area contributed by atoms with E-state index in [1.165, 1.54) is 12.1 Å². The predicted molar refractivity (Wildman–Crippen MR) is 87.8 cm³/mol. The van der Waals surface area contributed by atoms with Crippen LogP contribution in [-0.4, -0.2) is 23.9 Å². The number of hydrogen-bond donors (Lipinski definition) is 0. The first-order valence-electron chi connectivity index (χ1n) is 7.35. The molecule has 0 aliphatic heterocycles. The highest BCUT2D eigenvalue weighted by Gasteiger charge is 2.15. The summed E-state index contributed by atoms with van der Waals surface area (Å²) in [4.78, 5) is 14.0. The Morgan fingerprint density at radius 1 is 1.09 bits per heavy atom. The molecule has 116 valence electrons. The van der Waals surface area contributed by atoms with Gasteiger partial charge in [-0.15, -0.1) is 11.6 Å². The van der Waals surface area contributed by atoms with Crippen LogP contribution in [0.15, 0.2) is 48.5 Å². The van der Waals surface area contributed by atoms with E-state index in [2.05, 4.69) is 0 Å². The number of nitrogens with zero attached hydrogens (tertiary/aromatic N) is 1. The quantitative estimate of drug-likeness (QED) is 0.735. The molecule has 0 radical (unpaired) electrons. The minimum atomic E-state index is -0.437. The molecule has 2 rings (SSSR count). The number of halogens is 2. The second-order valence-corrected chi connectivity index (χ2v) is 5.45. The summed E-state index contributed by atoms with van der Waals surface area (Å²) in [6, 6.07) is 13.4. The van der Waals surface area contributed by atoms with Crippen LogP contribution in [0, 0.1) is 5.82 Å². The third kappa shape index (κ3) is 3.66. The van der Waals surface area contributed by atoms with Gasteiger partial charge in [-0.1, -0.05) is 24.3 Å². The van der Waals surface area contributed by atoms with Crippen LogP contribution in [0.25, 0.3) is 0 Å². The number of alkyl halides is 1. The third-order valence-electron chi connectivity index (χ3n) is 3.64. The fourth-order valence-corrected chi connectivity index (χ4v) is 2.63.